The largest absolute Gasteiger partial charge is 0.136 e. The van der Waals surface area contributed by atoms with E-state index in [1.165, 1.54) is 37.4 Å². The summed E-state index contributed by atoms with van der Waals surface area (Å²) in [6, 6.07) is 17.5. The first-order valence-electron chi connectivity index (χ1n) is 7.56. The summed E-state index contributed by atoms with van der Waals surface area (Å²) in [5.74, 6) is 0.776. The van der Waals surface area contributed by atoms with Gasteiger partial charge in [-0.2, -0.15) is 0 Å². The van der Waals surface area contributed by atoms with Crippen LogP contribution in [0.1, 0.15) is 13.3 Å². The van der Waals surface area contributed by atoms with E-state index in [0.29, 0.717) is 5.41 Å². The lowest BCUT2D eigenvalue weighted by Gasteiger charge is -2.07. The summed E-state index contributed by atoms with van der Waals surface area (Å²) >= 11 is 1.95. The molecule has 2 atom stereocenters. The Morgan fingerprint density at radius 3 is 2.76 bits per heavy atom. The fraction of sp³-hybridized carbons (Fsp3) is 0.200. The van der Waals surface area contributed by atoms with Crippen LogP contribution >= 0.6 is 11.3 Å². The zero-order valence-corrected chi connectivity index (χ0v) is 12.8. The van der Waals surface area contributed by atoms with E-state index < -0.39 is 0 Å². The predicted molar refractivity (Wildman–Crippen MR) is 91.7 cm³/mol. The molecule has 1 heteroatoms. The molecule has 0 amide bonds. The molecule has 0 spiro atoms. The number of fused-ring (bicyclic) bond motifs is 4. The van der Waals surface area contributed by atoms with E-state index in [9.17, 15) is 0 Å². The maximum absolute atomic E-state index is 2.54. The third-order valence-electron chi connectivity index (χ3n) is 5.04. The van der Waals surface area contributed by atoms with Gasteiger partial charge in [0, 0.05) is 14.6 Å². The van der Waals surface area contributed by atoms with Crippen molar-refractivity contribution in [2.24, 2.45) is 11.3 Å². The van der Waals surface area contributed by atoms with Gasteiger partial charge in [-0.1, -0.05) is 61.5 Å². The van der Waals surface area contributed by atoms with E-state index in [0.717, 1.165) is 5.92 Å². The molecule has 2 aliphatic carbocycles. The van der Waals surface area contributed by atoms with Crippen molar-refractivity contribution in [1.29, 1.82) is 0 Å². The first kappa shape index (κ1) is 11.8. The molecule has 0 radical (unpaired) electrons. The quantitative estimate of drug-likeness (QED) is 0.630. The molecule has 2 aliphatic rings. The Balaban J connectivity index is 1.93. The molecule has 0 N–H and O–H groups in total. The van der Waals surface area contributed by atoms with Crippen LogP contribution in [0, 0.1) is 11.3 Å². The first-order valence-corrected chi connectivity index (χ1v) is 8.38. The van der Waals surface area contributed by atoms with Crippen molar-refractivity contribution in [3.8, 4) is 11.1 Å². The van der Waals surface area contributed by atoms with Crippen LogP contribution in [-0.2, 0) is 0 Å². The zero-order chi connectivity index (χ0) is 14.0. The smallest absolute Gasteiger partial charge is 0.0361 e. The molecule has 2 aromatic carbocycles. The number of benzene rings is 2. The molecule has 0 nitrogen and oxygen atoms in total. The fourth-order valence-corrected chi connectivity index (χ4v) is 4.87. The molecule has 1 heterocycles. The summed E-state index contributed by atoms with van der Waals surface area (Å²) in [7, 11) is 0. The highest BCUT2D eigenvalue weighted by Gasteiger charge is 2.47. The molecule has 1 aromatic heterocycles. The second kappa shape index (κ2) is 3.86. The van der Waals surface area contributed by atoms with Gasteiger partial charge in [0.15, 0.2) is 0 Å². The van der Waals surface area contributed by atoms with E-state index in [1.807, 2.05) is 11.3 Å². The van der Waals surface area contributed by atoms with Gasteiger partial charge in [0.05, 0.1) is 0 Å². The van der Waals surface area contributed by atoms with E-state index >= 15 is 0 Å². The molecule has 0 saturated heterocycles. The van der Waals surface area contributed by atoms with E-state index in [2.05, 4.69) is 67.6 Å². The minimum Gasteiger partial charge on any atom is -0.136 e. The van der Waals surface area contributed by atoms with Crippen molar-refractivity contribution >= 4 is 33.6 Å². The molecule has 1 fully saturated rings. The van der Waals surface area contributed by atoms with Gasteiger partial charge in [-0.15, -0.1) is 11.3 Å². The third kappa shape index (κ3) is 1.61. The highest BCUT2D eigenvalue weighted by Crippen LogP contribution is 2.55. The van der Waals surface area contributed by atoms with Crippen molar-refractivity contribution < 1.29 is 0 Å². The lowest BCUT2D eigenvalue weighted by atomic mass is 9.96. The van der Waals surface area contributed by atoms with Crippen LogP contribution in [0.5, 0.6) is 0 Å². The molecular weight excluding hydrogens is 272 g/mol. The van der Waals surface area contributed by atoms with Crippen LogP contribution in [0.2, 0.25) is 0 Å². The molecule has 1 unspecified atom stereocenters. The highest BCUT2D eigenvalue weighted by molar-refractivity contribution is 7.17. The van der Waals surface area contributed by atoms with Crippen molar-refractivity contribution in [3.63, 3.8) is 0 Å². The second-order valence-electron chi connectivity index (χ2n) is 6.55. The van der Waals surface area contributed by atoms with Crippen LogP contribution in [-0.4, -0.2) is 0 Å². The van der Waals surface area contributed by atoms with Crippen molar-refractivity contribution in [1.82, 2.24) is 0 Å². The third-order valence-corrected chi connectivity index (χ3v) is 6.18. The fourth-order valence-electron chi connectivity index (χ4n) is 3.66. The van der Waals surface area contributed by atoms with Gasteiger partial charge >= 0.3 is 0 Å². The minimum absolute atomic E-state index is 0.421. The molecule has 21 heavy (non-hydrogen) atoms. The summed E-state index contributed by atoms with van der Waals surface area (Å²) in [5, 5.41) is 2.93. The Bertz CT molecular complexity index is 978. The van der Waals surface area contributed by atoms with Gasteiger partial charge in [-0.05, 0) is 40.2 Å². The zero-order valence-electron chi connectivity index (χ0n) is 12.0. The average Bonchev–Trinajstić information content (AvgIpc) is 3.04. The maximum atomic E-state index is 2.54. The Hall–Kier alpha value is -1.86. The van der Waals surface area contributed by atoms with Gasteiger partial charge < -0.3 is 0 Å². The Morgan fingerprint density at radius 1 is 1.05 bits per heavy atom. The monoisotopic (exact) mass is 288 g/mol. The van der Waals surface area contributed by atoms with Crippen molar-refractivity contribution in [3.05, 3.63) is 58.3 Å². The van der Waals surface area contributed by atoms with Crippen LogP contribution in [0.4, 0.5) is 0 Å². The van der Waals surface area contributed by atoms with Crippen LogP contribution in [0.25, 0.3) is 33.4 Å². The summed E-state index contributed by atoms with van der Waals surface area (Å²) in [6.07, 6.45) is 6.37. The highest BCUT2D eigenvalue weighted by atomic mass is 32.1. The Kier molecular flexibility index (Phi) is 2.16. The van der Waals surface area contributed by atoms with Gasteiger partial charge in [0.1, 0.15) is 0 Å². The van der Waals surface area contributed by atoms with E-state index in [1.54, 1.807) is 0 Å². The summed E-state index contributed by atoms with van der Waals surface area (Å²) in [4.78, 5) is 0. The Labute approximate surface area is 128 Å². The van der Waals surface area contributed by atoms with Crippen molar-refractivity contribution in [2.45, 2.75) is 13.3 Å². The number of rotatable bonds is 1. The molecule has 3 aromatic rings. The standard InChI is InChI=1S/C20H16S/c1-20-11-14(20)10-18-16(12-20)19-15(8-5-9-17(19)21-18)13-6-3-2-4-7-13/h2-10,12,14H,11H2,1H3/t14-,20?/m0/s1. The van der Waals surface area contributed by atoms with Crippen molar-refractivity contribution in [2.75, 3.05) is 0 Å². The molecule has 0 bridgehead atoms. The van der Waals surface area contributed by atoms with Gasteiger partial charge in [0.2, 0.25) is 0 Å². The van der Waals surface area contributed by atoms with E-state index in [-0.39, 0.29) is 0 Å². The first-order chi connectivity index (χ1) is 10.2. The molecular formula is C20H16S. The molecule has 5 rings (SSSR count). The Morgan fingerprint density at radius 2 is 1.90 bits per heavy atom. The predicted octanol–water partition coefficient (Wildman–Crippen LogP) is 4.17. The van der Waals surface area contributed by atoms with E-state index in [4.69, 9.17) is 0 Å². The lowest BCUT2D eigenvalue weighted by molar-refractivity contribution is 0.751. The normalized spacial score (nSPS) is 25.7. The second-order valence-corrected chi connectivity index (χ2v) is 7.64. The number of hydrogen-bond donors (Lipinski definition) is 0. The maximum Gasteiger partial charge on any atom is 0.0361 e. The topological polar surface area (TPSA) is 0 Å². The molecule has 102 valence electrons. The summed E-state index contributed by atoms with van der Waals surface area (Å²) < 4.78 is 2.90. The average molecular weight is 288 g/mol. The van der Waals surface area contributed by atoms with Crippen LogP contribution < -0.4 is 9.75 Å². The number of hydrogen-bond acceptors (Lipinski definition) is 1. The summed E-state index contributed by atoms with van der Waals surface area (Å²) in [6.45, 7) is 2.39. The molecule has 1 saturated carbocycles. The summed E-state index contributed by atoms with van der Waals surface area (Å²) in [5.41, 5.74) is 3.11. The minimum atomic E-state index is 0.421. The van der Waals surface area contributed by atoms with Gasteiger partial charge in [0.25, 0.3) is 0 Å². The lowest BCUT2D eigenvalue weighted by Crippen LogP contribution is -2.24. The molecule has 0 aliphatic heterocycles. The van der Waals surface area contributed by atoms with Crippen LogP contribution in [0.15, 0.2) is 48.5 Å². The van der Waals surface area contributed by atoms with Gasteiger partial charge in [-0.3, -0.25) is 0 Å². The number of thiophene rings is 1. The SMILES string of the molecule is CC12C=c3c(sc4cccc(-c5ccccc5)c34)=C[C@H]1C2. The van der Waals surface area contributed by atoms with Crippen LogP contribution in [0.3, 0.4) is 0 Å². The van der Waals surface area contributed by atoms with Gasteiger partial charge in [-0.25, -0.2) is 0 Å².